The molecule has 0 aliphatic rings. The molecule has 4 aromatic heterocycles. The largest absolute Gasteiger partial charge is 0.308 e. The summed E-state index contributed by atoms with van der Waals surface area (Å²) < 4.78 is 6.96. The van der Waals surface area contributed by atoms with Crippen LogP contribution in [-0.2, 0) is 0 Å². The highest BCUT2D eigenvalue weighted by Gasteiger charge is 2.24. The van der Waals surface area contributed by atoms with E-state index in [1.54, 1.807) is 0 Å². The van der Waals surface area contributed by atoms with Crippen LogP contribution in [0.2, 0.25) is 0 Å². The maximum atomic E-state index is 5.49. The van der Waals surface area contributed by atoms with Crippen molar-refractivity contribution in [2.45, 2.75) is 13.8 Å². The van der Waals surface area contributed by atoms with Gasteiger partial charge in [0, 0.05) is 43.4 Å². The molecule has 0 amide bonds. The van der Waals surface area contributed by atoms with E-state index in [1.165, 1.54) is 43.7 Å². The molecule has 0 aliphatic carbocycles. The molecule has 8 aromatic carbocycles. The molecule has 12 aromatic rings. The van der Waals surface area contributed by atoms with Crippen LogP contribution in [0.15, 0.2) is 182 Å². The van der Waals surface area contributed by atoms with Crippen LogP contribution in [0, 0.1) is 13.8 Å². The summed E-state index contributed by atoms with van der Waals surface area (Å²) in [5.41, 5.74) is 12.9. The highest BCUT2D eigenvalue weighted by atomic mass is 15.2. The lowest BCUT2D eigenvalue weighted by Gasteiger charge is -2.17. The zero-order chi connectivity index (χ0) is 39.2. The number of para-hydroxylation sites is 8. The standard InChI is InChI=1S/C53H36N6/c1-33-17-15-25-39-37-21-5-9-27-43(37)57(49(33)39)47-31-13-7-23-41(47)51-54-52(56-53(55-51)59-45-29-11-3-19-35(45)36-20-4-12-30-46(36)59)42-24-8-14-32-48(42)58-44-28-10-6-22-38(44)40-26-16-18-34(2)50(40)58/h3-32H,1-2H3. The normalized spacial score (nSPS) is 11.9. The Balaban J connectivity index is 1.19. The molecular formula is C53H36N6. The third-order valence-corrected chi connectivity index (χ3v) is 12.0. The molecule has 0 saturated carbocycles. The SMILES string of the molecule is Cc1cccc2c3ccccc3n(-c3ccccc3-c3nc(-c4ccccc4-n4c5ccccc5c5cccc(C)c54)nc(-n4c5ccccc5c5ccccc54)n3)c12. The summed E-state index contributed by atoms with van der Waals surface area (Å²) in [5.74, 6) is 1.74. The van der Waals surface area contributed by atoms with Crippen molar-refractivity contribution in [3.8, 4) is 40.1 Å². The molecule has 4 heterocycles. The fourth-order valence-electron chi connectivity index (χ4n) is 9.44. The lowest BCUT2D eigenvalue weighted by molar-refractivity contribution is 0.950. The zero-order valence-electron chi connectivity index (χ0n) is 32.5. The van der Waals surface area contributed by atoms with Crippen molar-refractivity contribution in [2.24, 2.45) is 0 Å². The van der Waals surface area contributed by atoms with Crippen LogP contribution in [0.1, 0.15) is 11.1 Å². The average molecular weight is 757 g/mol. The van der Waals surface area contributed by atoms with Crippen molar-refractivity contribution >= 4 is 65.4 Å². The quantitative estimate of drug-likeness (QED) is 0.176. The van der Waals surface area contributed by atoms with Crippen LogP contribution in [-0.4, -0.2) is 28.7 Å². The molecule has 0 radical (unpaired) electrons. The molecule has 0 aliphatic heterocycles. The molecule has 6 heteroatoms. The van der Waals surface area contributed by atoms with Gasteiger partial charge in [-0.1, -0.05) is 133 Å². The molecule has 0 fully saturated rings. The van der Waals surface area contributed by atoms with Crippen molar-refractivity contribution in [3.05, 3.63) is 193 Å². The summed E-state index contributed by atoms with van der Waals surface area (Å²) in [6.07, 6.45) is 0. The van der Waals surface area contributed by atoms with Gasteiger partial charge in [-0.25, -0.2) is 4.98 Å². The highest BCUT2D eigenvalue weighted by molar-refractivity contribution is 6.12. The molecule has 12 rings (SSSR count). The van der Waals surface area contributed by atoms with E-state index in [1.807, 2.05) is 0 Å². The Kier molecular flexibility index (Phi) is 7.26. The summed E-state index contributed by atoms with van der Waals surface area (Å²) in [7, 11) is 0. The van der Waals surface area contributed by atoms with E-state index in [0.717, 1.165) is 55.3 Å². The first-order valence-corrected chi connectivity index (χ1v) is 20.1. The van der Waals surface area contributed by atoms with Crippen LogP contribution >= 0.6 is 0 Å². The maximum Gasteiger partial charge on any atom is 0.238 e. The van der Waals surface area contributed by atoms with E-state index in [2.05, 4.69) is 210 Å². The highest BCUT2D eigenvalue weighted by Crippen LogP contribution is 2.40. The Bertz CT molecular complexity index is 3420. The summed E-state index contributed by atoms with van der Waals surface area (Å²) in [5, 5.41) is 7.14. The Hall–Kier alpha value is -7.83. The first-order chi connectivity index (χ1) is 29.1. The molecule has 0 saturated heterocycles. The Morgan fingerprint density at radius 3 is 1.08 bits per heavy atom. The van der Waals surface area contributed by atoms with Crippen LogP contribution in [0.3, 0.4) is 0 Å². The maximum absolute atomic E-state index is 5.49. The molecule has 0 bridgehead atoms. The van der Waals surface area contributed by atoms with E-state index < -0.39 is 0 Å². The van der Waals surface area contributed by atoms with Crippen molar-refractivity contribution in [1.29, 1.82) is 0 Å². The van der Waals surface area contributed by atoms with Gasteiger partial charge in [0.1, 0.15) is 0 Å². The van der Waals surface area contributed by atoms with E-state index in [-0.39, 0.29) is 0 Å². The summed E-state index contributed by atoms with van der Waals surface area (Å²) in [6.45, 7) is 4.38. The fourth-order valence-corrected chi connectivity index (χ4v) is 9.44. The van der Waals surface area contributed by atoms with Crippen LogP contribution in [0.25, 0.3) is 106 Å². The zero-order valence-corrected chi connectivity index (χ0v) is 32.5. The fraction of sp³-hybridized carbons (Fsp3) is 0.0377. The van der Waals surface area contributed by atoms with Crippen molar-refractivity contribution in [3.63, 3.8) is 0 Å². The van der Waals surface area contributed by atoms with E-state index in [0.29, 0.717) is 17.6 Å². The Labute approximate surface area is 339 Å². The predicted molar refractivity (Wildman–Crippen MR) is 243 cm³/mol. The minimum Gasteiger partial charge on any atom is -0.308 e. The van der Waals surface area contributed by atoms with Gasteiger partial charge >= 0.3 is 0 Å². The van der Waals surface area contributed by atoms with E-state index in [9.17, 15) is 0 Å². The van der Waals surface area contributed by atoms with Gasteiger partial charge < -0.3 is 9.13 Å². The molecule has 59 heavy (non-hydrogen) atoms. The van der Waals surface area contributed by atoms with Gasteiger partial charge in [0.2, 0.25) is 5.95 Å². The molecule has 0 spiro atoms. The van der Waals surface area contributed by atoms with Gasteiger partial charge in [0.25, 0.3) is 0 Å². The van der Waals surface area contributed by atoms with Crippen molar-refractivity contribution in [2.75, 3.05) is 0 Å². The average Bonchev–Trinajstić information content (AvgIpc) is 3.93. The summed E-state index contributed by atoms with van der Waals surface area (Å²) in [6, 6.07) is 64.5. The minimum absolute atomic E-state index is 0.559. The minimum atomic E-state index is 0.559. The third kappa shape index (κ3) is 4.90. The van der Waals surface area contributed by atoms with Gasteiger partial charge in [-0.3, -0.25) is 4.57 Å². The van der Waals surface area contributed by atoms with E-state index >= 15 is 0 Å². The van der Waals surface area contributed by atoms with Gasteiger partial charge in [0.15, 0.2) is 11.6 Å². The third-order valence-electron chi connectivity index (χ3n) is 12.0. The molecule has 0 atom stereocenters. The summed E-state index contributed by atoms with van der Waals surface area (Å²) in [4.78, 5) is 16.4. The van der Waals surface area contributed by atoms with E-state index in [4.69, 9.17) is 15.0 Å². The number of benzene rings is 8. The first kappa shape index (κ1) is 33.3. The van der Waals surface area contributed by atoms with Crippen LogP contribution < -0.4 is 0 Å². The van der Waals surface area contributed by atoms with Gasteiger partial charge in [0.05, 0.1) is 44.5 Å². The number of rotatable bonds is 5. The van der Waals surface area contributed by atoms with Gasteiger partial charge in [-0.2, -0.15) is 9.97 Å². The number of fused-ring (bicyclic) bond motifs is 9. The topological polar surface area (TPSA) is 53.5 Å². The van der Waals surface area contributed by atoms with Crippen molar-refractivity contribution in [1.82, 2.24) is 28.7 Å². The lowest BCUT2D eigenvalue weighted by Crippen LogP contribution is -2.09. The molecule has 0 unspecified atom stereocenters. The van der Waals surface area contributed by atoms with Crippen LogP contribution in [0.4, 0.5) is 0 Å². The smallest absolute Gasteiger partial charge is 0.238 e. The molecule has 0 N–H and O–H groups in total. The predicted octanol–water partition coefficient (Wildman–Crippen LogP) is 13.1. The first-order valence-electron chi connectivity index (χ1n) is 20.1. The van der Waals surface area contributed by atoms with Gasteiger partial charge in [-0.15, -0.1) is 0 Å². The molecule has 6 nitrogen and oxygen atoms in total. The number of aromatic nitrogens is 6. The van der Waals surface area contributed by atoms with Gasteiger partial charge in [-0.05, 0) is 73.5 Å². The Morgan fingerprint density at radius 1 is 0.305 bits per heavy atom. The lowest BCUT2D eigenvalue weighted by atomic mass is 10.1. The second-order valence-electron chi connectivity index (χ2n) is 15.3. The number of nitrogens with zero attached hydrogens (tertiary/aromatic N) is 6. The number of hydrogen-bond donors (Lipinski definition) is 0. The monoisotopic (exact) mass is 756 g/mol. The second-order valence-corrected chi connectivity index (χ2v) is 15.3. The number of hydrogen-bond acceptors (Lipinski definition) is 3. The summed E-state index contributed by atoms with van der Waals surface area (Å²) >= 11 is 0. The second kappa shape index (κ2) is 12.8. The van der Waals surface area contributed by atoms with Crippen LogP contribution in [0.5, 0.6) is 0 Å². The number of aryl methyl sites for hydroxylation is 2. The van der Waals surface area contributed by atoms with Crippen molar-refractivity contribution < 1.29 is 0 Å². The molecule has 278 valence electrons. The Morgan fingerprint density at radius 2 is 0.644 bits per heavy atom. The molecular weight excluding hydrogens is 721 g/mol.